The minimum absolute atomic E-state index is 0.987. The van der Waals surface area contributed by atoms with E-state index in [2.05, 4.69) is 30.1 Å². The van der Waals surface area contributed by atoms with Gasteiger partial charge in [0.1, 0.15) is 0 Å². The Balaban J connectivity index is 2.23. The molecule has 1 nitrogen and oxygen atoms in total. The number of hydrogen-bond acceptors (Lipinski definition) is 1. The SMILES string of the molecule is Cc1ccccc1C=Cc1ccccn1. The van der Waals surface area contributed by atoms with Gasteiger partial charge >= 0.3 is 0 Å². The van der Waals surface area contributed by atoms with Crippen LogP contribution in [-0.4, -0.2) is 4.98 Å². The fourth-order valence-corrected chi connectivity index (χ4v) is 1.42. The molecule has 0 radical (unpaired) electrons. The number of aryl methyl sites for hydroxylation is 1. The van der Waals surface area contributed by atoms with E-state index in [9.17, 15) is 0 Å². The number of hydrogen-bond donors (Lipinski definition) is 0. The van der Waals surface area contributed by atoms with E-state index in [1.807, 2.05) is 36.4 Å². The number of aromatic nitrogens is 1. The van der Waals surface area contributed by atoms with Crippen molar-refractivity contribution in [2.75, 3.05) is 0 Å². The van der Waals surface area contributed by atoms with E-state index in [1.165, 1.54) is 11.1 Å². The van der Waals surface area contributed by atoms with E-state index in [0.29, 0.717) is 0 Å². The van der Waals surface area contributed by atoms with Gasteiger partial charge in [-0.3, -0.25) is 4.98 Å². The molecule has 0 aliphatic heterocycles. The maximum Gasteiger partial charge on any atom is 0.0629 e. The fourth-order valence-electron chi connectivity index (χ4n) is 1.42. The summed E-state index contributed by atoms with van der Waals surface area (Å²) in [6, 6.07) is 14.2. The molecular formula is C14H13N. The van der Waals surface area contributed by atoms with Gasteiger partial charge in [-0.05, 0) is 36.3 Å². The third-order valence-electron chi connectivity index (χ3n) is 2.31. The molecule has 0 aliphatic rings. The minimum Gasteiger partial charge on any atom is -0.257 e. The van der Waals surface area contributed by atoms with Crippen LogP contribution in [0.3, 0.4) is 0 Å². The van der Waals surface area contributed by atoms with Crippen LogP contribution in [-0.2, 0) is 0 Å². The predicted octanol–water partition coefficient (Wildman–Crippen LogP) is 3.56. The van der Waals surface area contributed by atoms with Gasteiger partial charge in [-0.1, -0.05) is 36.4 Å². The third kappa shape index (κ3) is 2.53. The van der Waals surface area contributed by atoms with Gasteiger partial charge in [0.25, 0.3) is 0 Å². The first-order valence-corrected chi connectivity index (χ1v) is 5.01. The van der Waals surface area contributed by atoms with E-state index in [0.717, 1.165) is 5.69 Å². The monoisotopic (exact) mass is 195 g/mol. The number of nitrogens with zero attached hydrogens (tertiary/aromatic N) is 1. The van der Waals surface area contributed by atoms with Crippen molar-refractivity contribution >= 4 is 12.2 Å². The highest BCUT2D eigenvalue weighted by atomic mass is 14.6. The molecule has 0 amide bonds. The van der Waals surface area contributed by atoms with Gasteiger partial charge in [0.05, 0.1) is 5.69 Å². The van der Waals surface area contributed by atoms with Gasteiger partial charge in [0.2, 0.25) is 0 Å². The summed E-state index contributed by atoms with van der Waals surface area (Å²) in [5.74, 6) is 0. The van der Waals surface area contributed by atoms with Gasteiger partial charge in [0, 0.05) is 6.20 Å². The quantitative estimate of drug-likeness (QED) is 0.714. The van der Waals surface area contributed by atoms with Gasteiger partial charge in [-0.15, -0.1) is 0 Å². The molecule has 15 heavy (non-hydrogen) atoms. The Bertz CT molecular complexity index is 458. The van der Waals surface area contributed by atoms with Crippen molar-refractivity contribution in [2.45, 2.75) is 6.92 Å². The summed E-state index contributed by atoms with van der Waals surface area (Å²) in [6.07, 6.45) is 5.93. The normalized spacial score (nSPS) is 10.7. The molecular weight excluding hydrogens is 182 g/mol. The zero-order chi connectivity index (χ0) is 10.5. The molecule has 0 bridgehead atoms. The Hall–Kier alpha value is -1.89. The molecule has 0 fully saturated rings. The lowest BCUT2D eigenvalue weighted by Gasteiger charge is -1.98. The summed E-state index contributed by atoms with van der Waals surface area (Å²) in [5.41, 5.74) is 3.51. The minimum atomic E-state index is 0.987. The molecule has 74 valence electrons. The zero-order valence-corrected chi connectivity index (χ0v) is 8.72. The summed E-state index contributed by atoms with van der Waals surface area (Å²) >= 11 is 0. The van der Waals surface area contributed by atoms with Gasteiger partial charge in [0.15, 0.2) is 0 Å². The lowest BCUT2D eigenvalue weighted by atomic mass is 10.1. The highest BCUT2D eigenvalue weighted by Crippen LogP contribution is 2.10. The van der Waals surface area contributed by atoms with E-state index >= 15 is 0 Å². The van der Waals surface area contributed by atoms with Crippen molar-refractivity contribution in [2.24, 2.45) is 0 Å². The molecule has 0 atom stereocenters. The Labute approximate surface area is 90.1 Å². The van der Waals surface area contributed by atoms with Crippen molar-refractivity contribution in [3.05, 3.63) is 65.5 Å². The molecule has 0 aliphatic carbocycles. The van der Waals surface area contributed by atoms with Crippen molar-refractivity contribution in [3.63, 3.8) is 0 Å². The first-order valence-electron chi connectivity index (χ1n) is 5.01. The van der Waals surface area contributed by atoms with Crippen LogP contribution in [0.2, 0.25) is 0 Å². The number of pyridine rings is 1. The average Bonchev–Trinajstić information content (AvgIpc) is 2.29. The zero-order valence-electron chi connectivity index (χ0n) is 8.72. The topological polar surface area (TPSA) is 12.9 Å². The largest absolute Gasteiger partial charge is 0.257 e. The second-order valence-electron chi connectivity index (χ2n) is 3.44. The first kappa shape index (κ1) is 9.66. The summed E-state index contributed by atoms with van der Waals surface area (Å²) in [7, 11) is 0. The lowest BCUT2D eigenvalue weighted by molar-refractivity contribution is 1.30. The molecule has 1 heterocycles. The summed E-state index contributed by atoms with van der Waals surface area (Å²) < 4.78 is 0. The highest BCUT2D eigenvalue weighted by molar-refractivity contribution is 5.69. The Morgan fingerprint density at radius 3 is 2.47 bits per heavy atom. The van der Waals surface area contributed by atoms with Crippen molar-refractivity contribution < 1.29 is 0 Å². The van der Waals surface area contributed by atoms with E-state index in [-0.39, 0.29) is 0 Å². The van der Waals surface area contributed by atoms with Crippen LogP contribution in [0.5, 0.6) is 0 Å². The molecule has 0 spiro atoms. The number of benzene rings is 1. The second-order valence-corrected chi connectivity index (χ2v) is 3.44. The second kappa shape index (κ2) is 4.56. The highest BCUT2D eigenvalue weighted by Gasteiger charge is 1.91. The molecule has 1 heteroatoms. The molecule has 1 aromatic heterocycles. The van der Waals surface area contributed by atoms with E-state index < -0.39 is 0 Å². The van der Waals surface area contributed by atoms with Crippen LogP contribution >= 0.6 is 0 Å². The van der Waals surface area contributed by atoms with Crippen molar-refractivity contribution in [1.29, 1.82) is 0 Å². The molecule has 2 aromatic rings. The van der Waals surface area contributed by atoms with Crippen LogP contribution in [0, 0.1) is 6.92 Å². The van der Waals surface area contributed by atoms with E-state index in [4.69, 9.17) is 0 Å². The maximum atomic E-state index is 4.24. The summed E-state index contributed by atoms with van der Waals surface area (Å²) in [4.78, 5) is 4.24. The van der Waals surface area contributed by atoms with Crippen LogP contribution in [0.1, 0.15) is 16.8 Å². The Kier molecular flexibility index (Phi) is 2.93. The molecule has 0 N–H and O–H groups in total. The smallest absolute Gasteiger partial charge is 0.0629 e. The molecule has 1 aromatic carbocycles. The summed E-state index contributed by atoms with van der Waals surface area (Å²) in [5, 5.41) is 0. The Morgan fingerprint density at radius 1 is 0.933 bits per heavy atom. The van der Waals surface area contributed by atoms with Crippen LogP contribution in [0.25, 0.3) is 12.2 Å². The summed E-state index contributed by atoms with van der Waals surface area (Å²) in [6.45, 7) is 2.11. The van der Waals surface area contributed by atoms with Crippen LogP contribution in [0.4, 0.5) is 0 Å². The standard InChI is InChI=1S/C14H13N/c1-12-6-2-3-7-13(12)9-10-14-8-4-5-11-15-14/h2-11H,1H3. The van der Waals surface area contributed by atoms with Gasteiger partial charge in [-0.25, -0.2) is 0 Å². The molecule has 2 rings (SSSR count). The van der Waals surface area contributed by atoms with Gasteiger partial charge < -0.3 is 0 Å². The lowest BCUT2D eigenvalue weighted by Crippen LogP contribution is -1.79. The van der Waals surface area contributed by atoms with Crippen molar-refractivity contribution in [1.82, 2.24) is 4.98 Å². The Morgan fingerprint density at radius 2 is 1.73 bits per heavy atom. The maximum absolute atomic E-state index is 4.24. The number of rotatable bonds is 2. The molecule has 0 saturated carbocycles. The third-order valence-corrected chi connectivity index (χ3v) is 2.31. The van der Waals surface area contributed by atoms with Crippen LogP contribution in [0.15, 0.2) is 48.7 Å². The molecule has 0 saturated heterocycles. The van der Waals surface area contributed by atoms with E-state index in [1.54, 1.807) is 6.20 Å². The fraction of sp³-hybridized carbons (Fsp3) is 0.0714. The van der Waals surface area contributed by atoms with Gasteiger partial charge in [-0.2, -0.15) is 0 Å². The predicted molar refractivity (Wildman–Crippen MR) is 64.3 cm³/mol. The first-order chi connectivity index (χ1) is 7.36. The average molecular weight is 195 g/mol. The van der Waals surface area contributed by atoms with Crippen LogP contribution < -0.4 is 0 Å². The van der Waals surface area contributed by atoms with Crippen molar-refractivity contribution in [3.8, 4) is 0 Å². The molecule has 0 unspecified atom stereocenters.